The Balaban J connectivity index is 1.72. The lowest BCUT2D eigenvalue weighted by Crippen LogP contribution is -2.25. The van der Waals surface area contributed by atoms with Gasteiger partial charge in [-0.15, -0.1) is 0 Å². The van der Waals surface area contributed by atoms with E-state index in [0.717, 1.165) is 11.3 Å². The van der Waals surface area contributed by atoms with Crippen LogP contribution in [0.2, 0.25) is 5.02 Å². The second-order valence-electron chi connectivity index (χ2n) is 5.92. The molecule has 0 fully saturated rings. The minimum absolute atomic E-state index is 0.136. The Morgan fingerprint density at radius 3 is 2.63 bits per heavy atom. The number of ether oxygens (including phenoxy) is 1. The van der Waals surface area contributed by atoms with Gasteiger partial charge in [-0.3, -0.25) is 4.79 Å². The highest BCUT2D eigenvalue weighted by Gasteiger charge is 2.12. The van der Waals surface area contributed by atoms with E-state index in [4.69, 9.17) is 16.3 Å². The van der Waals surface area contributed by atoms with E-state index in [1.54, 1.807) is 13.2 Å². The van der Waals surface area contributed by atoms with Crippen LogP contribution in [0.25, 0.3) is 16.8 Å². The van der Waals surface area contributed by atoms with Gasteiger partial charge in [-0.05, 0) is 48.0 Å². The maximum atomic E-state index is 13.2. The van der Waals surface area contributed by atoms with Crippen LogP contribution in [0.1, 0.15) is 5.56 Å². The van der Waals surface area contributed by atoms with Crippen LogP contribution in [0.3, 0.4) is 0 Å². The summed E-state index contributed by atoms with van der Waals surface area (Å²) in [5.41, 5.74) is 2.17. The summed E-state index contributed by atoms with van der Waals surface area (Å²) in [7, 11) is 1.60. The molecule has 0 saturated heterocycles. The molecule has 0 unspecified atom stereocenters. The molecule has 6 nitrogen and oxygen atoms in total. The van der Waals surface area contributed by atoms with Crippen LogP contribution in [0.15, 0.2) is 59.7 Å². The molecule has 0 aliphatic rings. The van der Waals surface area contributed by atoms with Crippen molar-refractivity contribution in [3.8, 4) is 17.0 Å². The minimum atomic E-state index is -0.431. The molecule has 2 aromatic heterocycles. The fraction of sp³-hybridized carbons (Fsp3) is 0.105. The summed E-state index contributed by atoms with van der Waals surface area (Å²) in [5, 5.41) is 8.78. The second-order valence-corrected chi connectivity index (χ2v) is 6.32. The van der Waals surface area contributed by atoms with Gasteiger partial charge in [0.1, 0.15) is 23.4 Å². The van der Waals surface area contributed by atoms with Gasteiger partial charge in [0, 0.05) is 10.6 Å². The Morgan fingerprint density at radius 2 is 1.93 bits per heavy atom. The lowest BCUT2D eigenvalue weighted by atomic mass is 10.1. The number of methoxy groups -OCH3 is 1. The number of nitrogens with zero attached hydrogens (tertiary/aromatic N) is 4. The lowest BCUT2D eigenvalue weighted by molar-refractivity contribution is 0.415. The predicted octanol–water partition coefficient (Wildman–Crippen LogP) is 3.41. The summed E-state index contributed by atoms with van der Waals surface area (Å²) in [6.45, 7) is 0.136. The molecule has 0 atom stereocenters. The third kappa shape index (κ3) is 3.29. The first kappa shape index (κ1) is 17.2. The van der Waals surface area contributed by atoms with Gasteiger partial charge in [-0.2, -0.15) is 10.2 Å². The van der Waals surface area contributed by atoms with Crippen molar-refractivity contribution in [3.05, 3.63) is 81.6 Å². The summed E-state index contributed by atoms with van der Waals surface area (Å²) < 4.78 is 21.1. The molecule has 4 aromatic rings. The lowest BCUT2D eigenvalue weighted by Gasteiger charge is -2.06. The summed E-state index contributed by atoms with van der Waals surface area (Å²) in [4.78, 5) is 12.8. The van der Waals surface area contributed by atoms with Crippen molar-refractivity contribution in [1.29, 1.82) is 0 Å². The van der Waals surface area contributed by atoms with Crippen LogP contribution in [0.4, 0.5) is 4.39 Å². The Hall–Kier alpha value is -3.19. The molecular weight excluding hydrogens is 371 g/mol. The number of hydrogen-bond donors (Lipinski definition) is 0. The highest BCUT2D eigenvalue weighted by Crippen LogP contribution is 2.22. The highest BCUT2D eigenvalue weighted by molar-refractivity contribution is 6.31. The standard InChI is InChI=1S/C19H14ClFN4O2/c1-27-15-6-3-12(4-7-15)17-9-18-19(26)24(22-11-25(18)23-17)10-13-2-5-14(21)8-16(13)20/h2-9,11H,10H2,1H3. The fourth-order valence-electron chi connectivity index (χ4n) is 2.76. The molecule has 0 spiro atoms. The Morgan fingerprint density at radius 1 is 1.15 bits per heavy atom. The van der Waals surface area contributed by atoms with Gasteiger partial charge in [-0.25, -0.2) is 13.6 Å². The smallest absolute Gasteiger partial charge is 0.293 e. The Labute approximate surface area is 158 Å². The van der Waals surface area contributed by atoms with E-state index in [9.17, 15) is 9.18 Å². The third-order valence-corrected chi connectivity index (χ3v) is 4.56. The van der Waals surface area contributed by atoms with Crippen molar-refractivity contribution >= 4 is 17.1 Å². The van der Waals surface area contributed by atoms with E-state index in [1.807, 2.05) is 24.3 Å². The quantitative estimate of drug-likeness (QED) is 0.541. The van der Waals surface area contributed by atoms with E-state index in [2.05, 4.69) is 10.2 Å². The van der Waals surface area contributed by atoms with Gasteiger partial charge >= 0.3 is 0 Å². The first-order chi connectivity index (χ1) is 13.0. The molecule has 27 heavy (non-hydrogen) atoms. The molecule has 4 rings (SSSR count). The molecular formula is C19H14ClFN4O2. The molecule has 0 N–H and O–H groups in total. The summed E-state index contributed by atoms with van der Waals surface area (Å²) in [6, 6.07) is 13.1. The SMILES string of the molecule is COc1ccc(-c2cc3c(=O)n(Cc4ccc(F)cc4Cl)ncn3n2)cc1. The number of rotatable bonds is 4. The zero-order chi connectivity index (χ0) is 19.0. The first-order valence-electron chi connectivity index (χ1n) is 8.09. The molecule has 2 aromatic carbocycles. The van der Waals surface area contributed by atoms with E-state index >= 15 is 0 Å². The van der Waals surface area contributed by atoms with Gasteiger partial charge in [0.05, 0.1) is 19.3 Å². The maximum absolute atomic E-state index is 13.2. The molecule has 136 valence electrons. The Bertz CT molecular complexity index is 1180. The maximum Gasteiger partial charge on any atom is 0.293 e. The van der Waals surface area contributed by atoms with Crippen molar-refractivity contribution in [1.82, 2.24) is 19.4 Å². The largest absolute Gasteiger partial charge is 0.497 e. The predicted molar refractivity (Wildman–Crippen MR) is 99.7 cm³/mol. The molecule has 0 aliphatic heterocycles. The van der Waals surface area contributed by atoms with Crippen LogP contribution in [0.5, 0.6) is 5.75 Å². The zero-order valence-electron chi connectivity index (χ0n) is 14.3. The molecule has 0 aliphatic carbocycles. The summed E-state index contributed by atoms with van der Waals surface area (Å²) in [5.74, 6) is 0.308. The third-order valence-electron chi connectivity index (χ3n) is 4.21. The Kier molecular flexibility index (Phi) is 4.37. The van der Waals surface area contributed by atoms with Crippen molar-refractivity contribution in [3.63, 3.8) is 0 Å². The topological polar surface area (TPSA) is 61.4 Å². The first-order valence-corrected chi connectivity index (χ1v) is 8.47. The average molecular weight is 385 g/mol. The van der Waals surface area contributed by atoms with Gasteiger partial charge in [0.15, 0.2) is 0 Å². The number of hydrogen-bond acceptors (Lipinski definition) is 4. The molecule has 0 bridgehead atoms. The van der Waals surface area contributed by atoms with Crippen LogP contribution in [0, 0.1) is 5.82 Å². The van der Waals surface area contributed by atoms with Crippen LogP contribution in [-0.4, -0.2) is 26.5 Å². The van der Waals surface area contributed by atoms with Crippen molar-refractivity contribution in [2.24, 2.45) is 0 Å². The highest BCUT2D eigenvalue weighted by atomic mass is 35.5. The molecule has 0 radical (unpaired) electrons. The number of aromatic nitrogens is 4. The van der Waals surface area contributed by atoms with E-state index in [-0.39, 0.29) is 17.1 Å². The normalized spacial score (nSPS) is 11.1. The van der Waals surface area contributed by atoms with Crippen LogP contribution in [-0.2, 0) is 6.54 Å². The van der Waals surface area contributed by atoms with Gasteiger partial charge in [-0.1, -0.05) is 17.7 Å². The average Bonchev–Trinajstić information content (AvgIpc) is 3.11. The fourth-order valence-corrected chi connectivity index (χ4v) is 2.99. The monoisotopic (exact) mass is 384 g/mol. The van der Waals surface area contributed by atoms with E-state index in [0.29, 0.717) is 16.8 Å². The minimum Gasteiger partial charge on any atom is -0.497 e. The number of halogens is 2. The van der Waals surface area contributed by atoms with Crippen LogP contribution >= 0.6 is 11.6 Å². The van der Waals surface area contributed by atoms with Crippen molar-refractivity contribution < 1.29 is 9.13 Å². The molecule has 0 saturated carbocycles. The van der Waals surface area contributed by atoms with Crippen molar-refractivity contribution in [2.75, 3.05) is 7.11 Å². The summed E-state index contributed by atoms with van der Waals surface area (Å²) >= 11 is 6.05. The zero-order valence-corrected chi connectivity index (χ0v) is 15.0. The van der Waals surface area contributed by atoms with E-state index in [1.165, 1.54) is 33.7 Å². The van der Waals surface area contributed by atoms with Crippen molar-refractivity contribution in [2.45, 2.75) is 6.54 Å². The van der Waals surface area contributed by atoms with Gasteiger partial charge < -0.3 is 4.74 Å². The number of benzene rings is 2. The summed E-state index contributed by atoms with van der Waals surface area (Å²) in [6.07, 6.45) is 1.46. The van der Waals surface area contributed by atoms with Gasteiger partial charge in [0.25, 0.3) is 5.56 Å². The second kappa shape index (κ2) is 6.85. The number of fused-ring (bicyclic) bond motifs is 1. The molecule has 8 heteroatoms. The van der Waals surface area contributed by atoms with Crippen LogP contribution < -0.4 is 10.3 Å². The molecule has 0 amide bonds. The van der Waals surface area contributed by atoms with Gasteiger partial charge in [0.2, 0.25) is 0 Å². The molecule has 2 heterocycles. The van der Waals surface area contributed by atoms with E-state index < -0.39 is 5.82 Å².